The summed E-state index contributed by atoms with van der Waals surface area (Å²) in [5.74, 6) is 0.697. The van der Waals surface area contributed by atoms with Gasteiger partial charge in [-0.15, -0.1) is 11.3 Å². The van der Waals surface area contributed by atoms with E-state index >= 15 is 0 Å². The van der Waals surface area contributed by atoms with E-state index < -0.39 is 5.82 Å². The van der Waals surface area contributed by atoms with E-state index in [0.717, 1.165) is 53.0 Å². The number of nitrogens with zero attached hydrogens (tertiary/aromatic N) is 6. The number of H-pyrrole nitrogens is 2. The topological polar surface area (TPSA) is 111 Å². The quantitative estimate of drug-likeness (QED) is 0.496. The van der Waals surface area contributed by atoms with Crippen molar-refractivity contribution in [2.24, 2.45) is 0 Å². The van der Waals surface area contributed by atoms with Crippen molar-refractivity contribution in [1.29, 1.82) is 0 Å². The molecule has 4 aromatic heterocycles. The van der Waals surface area contributed by atoms with Crippen molar-refractivity contribution in [1.82, 2.24) is 35.3 Å². The summed E-state index contributed by atoms with van der Waals surface area (Å²) in [6.45, 7) is 1.50. The highest BCUT2D eigenvalue weighted by Gasteiger charge is 2.26. The van der Waals surface area contributed by atoms with Crippen LogP contribution in [0.25, 0.3) is 11.3 Å². The van der Waals surface area contributed by atoms with Crippen LogP contribution in [0.15, 0.2) is 30.9 Å². The molecule has 0 atom stereocenters. The Hall–Kier alpha value is -3.34. The SMILES string of the molecule is Fc1cnc(Nc2nc3c(s2)CCN(Cc2ccn[nH]2)c2n[nH]cc2-3)nc1. The van der Waals surface area contributed by atoms with Crippen LogP contribution in [0.3, 0.4) is 0 Å². The average Bonchev–Trinajstić information content (AvgIpc) is 3.40. The van der Waals surface area contributed by atoms with E-state index in [-0.39, 0.29) is 0 Å². The molecule has 0 saturated heterocycles. The predicted octanol–water partition coefficient (Wildman–Crippen LogP) is 2.49. The molecule has 1 aliphatic rings. The Kier molecular flexibility index (Phi) is 3.78. The van der Waals surface area contributed by atoms with Crippen molar-refractivity contribution in [3.05, 3.63) is 47.2 Å². The normalized spacial score (nSPS) is 13.1. The van der Waals surface area contributed by atoms with Crippen LogP contribution >= 0.6 is 11.3 Å². The molecule has 0 bridgehead atoms. The molecule has 0 saturated carbocycles. The fourth-order valence-corrected chi connectivity index (χ4v) is 3.99. The van der Waals surface area contributed by atoms with Gasteiger partial charge < -0.3 is 10.2 Å². The van der Waals surface area contributed by atoms with E-state index in [1.807, 2.05) is 12.3 Å². The Morgan fingerprint density at radius 1 is 1.30 bits per heavy atom. The second kappa shape index (κ2) is 6.43. The summed E-state index contributed by atoms with van der Waals surface area (Å²) in [6, 6.07) is 1.95. The molecule has 0 unspecified atom stereocenters. The predicted molar refractivity (Wildman–Crippen MR) is 98.3 cm³/mol. The van der Waals surface area contributed by atoms with Crippen molar-refractivity contribution < 1.29 is 4.39 Å². The zero-order chi connectivity index (χ0) is 18.2. The largest absolute Gasteiger partial charge is 0.348 e. The number of rotatable bonds is 4. The van der Waals surface area contributed by atoms with Gasteiger partial charge in [-0.25, -0.2) is 19.3 Å². The van der Waals surface area contributed by atoms with Gasteiger partial charge in [-0.1, -0.05) is 0 Å². The minimum atomic E-state index is -0.476. The molecule has 0 aliphatic carbocycles. The van der Waals surface area contributed by atoms with Crippen LogP contribution in [-0.2, 0) is 13.0 Å². The number of anilines is 3. The van der Waals surface area contributed by atoms with Gasteiger partial charge in [-0.3, -0.25) is 10.2 Å². The third-order valence-electron chi connectivity index (χ3n) is 4.24. The number of fused-ring (bicyclic) bond motifs is 3. The first kappa shape index (κ1) is 15.9. The van der Waals surface area contributed by atoms with E-state index in [9.17, 15) is 4.39 Å². The van der Waals surface area contributed by atoms with Crippen molar-refractivity contribution in [2.75, 3.05) is 16.8 Å². The summed E-state index contributed by atoms with van der Waals surface area (Å²) in [7, 11) is 0. The lowest BCUT2D eigenvalue weighted by molar-refractivity contribution is 0.614. The molecule has 4 aromatic rings. The van der Waals surface area contributed by atoms with E-state index in [0.29, 0.717) is 17.6 Å². The minimum absolute atomic E-state index is 0.314. The highest BCUT2D eigenvalue weighted by molar-refractivity contribution is 7.16. The maximum absolute atomic E-state index is 13.0. The number of halogens is 1. The second-order valence-electron chi connectivity index (χ2n) is 6.02. The first-order valence-corrected chi connectivity index (χ1v) is 9.09. The molecule has 0 amide bonds. The first-order valence-electron chi connectivity index (χ1n) is 8.28. The summed E-state index contributed by atoms with van der Waals surface area (Å²) >= 11 is 1.54. The van der Waals surface area contributed by atoms with E-state index in [1.54, 1.807) is 17.5 Å². The van der Waals surface area contributed by atoms with Crippen molar-refractivity contribution in [3.63, 3.8) is 0 Å². The minimum Gasteiger partial charge on any atom is -0.348 e. The molecule has 3 N–H and O–H groups in total. The van der Waals surface area contributed by atoms with Crippen LogP contribution in [0, 0.1) is 5.82 Å². The monoisotopic (exact) mass is 383 g/mol. The van der Waals surface area contributed by atoms with Crippen molar-refractivity contribution in [3.8, 4) is 11.3 Å². The van der Waals surface area contributed by atoms with Crippen LogP contribution < -0.4 is 10.2 Å². The van der Waals surface area contributed by atoms with Gasteiger partial charge in [0.2, 0.25) is 5.95 Å². The number of hydrogen-bond acceptors (Lipinski definition) is 8. The van der Waals surface area contributed by atoms with E-state index in [4.69, 9.17) is 4.98 Å². The third kappa shape index (κ3) is 3.01. The molecule has 0 radical (unpaired) electrons. The fourth-order valence-electron chi connectivity index (χ4n) is 3.03. The Bertz CT molecular complexity index is 1050. The number of nitrogens with one attached hydrogen (secondary N) is 3. The number of thiazole rings is 1. The lowest BCUT2D eigenvalue weighted by Gasteiger charge is -2.20. The Morgan fingerprint density at radius 3 is 3.00 bits per heavy atom. The Labute approximate surface area is 156 Å². The first-order chi connectivity index (χ1) is 13.3. The Morgan fingerprint density at radius 2 is 2.19 bits per heavy atom. The number of hydrogen-bond donors (Lipinski definition) is 3. The van der Waals surface area contributed by atoms with Crippen LogP contribution in [-0.4, -0.2) is 41.9 Å². The van der Waals surface area contributed by atoms with Crippen molar-refractivity contribution in [2.45, 2.75) is 13.0 Å². The van der Waals surface area contributed by atoms with Crippen LogP contribution in [0.2, 0.25) is 0 Å². The molecule has 1 aliphatic heterocycles. The summed E-state index contributed by atoms with van der Waals surface area (Å²) in [5, 5.41) is 18.1. The summed E-state index contributed by atoms with van der Waals surface area (Å²) < 4.78 is 13.0. The molecule has 0 aromatic carbocycles. The smallest absolute Gasteiger partial charge is 0.229 e. The molecule has 5 heterocycles. The van der Waals surface area contributed by atoms with Gasteiger partial charge in [-0.05, 0) is 6.07 Å². The van der Waals surface area contributed by atoms with Crippen molar-refractivity contribution >= 4 is 28.2 Å². The van der Waals surface area contributed by atoms with E-state index in [1.165, 1.54) is 0 Å². The number of aromatic amines is 2. The van der Waals surface area contributed by atoms with Gasteiger partial charge in [0.1, 0.15) is 0 Å². The van der Waals surface area contributed by atoms with Gasteiger partial charge >= 0.3 is 0 Å². The molecule has 9 nitrogen and oxygen atoms in total. The summed E-state index contributed by atoms with van der Waals surface area (Å²) in [5.41, 5.74) is 2.87. The highest BCUT2D eigenvalue weighted by Crippen LogP contribution is 2.39. The maximum Gasteiger partial charge on any atom is 0.229 e. The standard InChI is InChI=1S/C16H14FN9S/c17-9-5-18-15(19-6-9)23-16-22-13-11-7-21-25-14(11)26(4-2-12(13)27-16)8-10-1-3-20-24-10/h1,3,5-7H,2,4,8H2,(H,20,24)(H,21,25)(H,18,19,22,23). The van der Waals surface area contributed by atoms with Gasteiger partial charge in [0.05, 0.1) is 35.9 Å². The molecule has 11 heteroatoms. The Balaban J connectivity index is 1.44. The fraction of sp³-hybridized carbons (Fsp3) is 0.188. The molecule has 5 rings (SSSR count). The van der Waals surface area contributed by atoms with Gasteiger partial charge in [0.15, 0.2) is 16.8 Å². The zero-order valence-electron chi connectivity index (χ0n) is 14.0. The molecule has 0 spiro atoms. The van der Waals surface area contributed by atoms with Crippen LogP contribution in [0.1, 0.15) is 10.6 Å². The summed E-state index contributed by atoms with van der Waals surface area (Å²) in [4.78, 5) is 15.9. The van der Waals surface area contributed by atoms with Gasteiger partial charge in [-0.2, -0.15) is 10.2 Å². The second-order valence-corrected chi connectivity index (χ2v) is 7.10. The molecule has 136 valence electrons. The maximum atomic E-state index is 13.0. The van der Waals surface area contributed by atoms with E-state index in [2.05, 4.69) is 40.6 Å². The zero-order valence-corrected chi connectivity index (χ0v) is 14.8. The third-order valence-corrected chi connectivity index (χ3v) is 5.27. The molecule has 0 fully saturated rings. The molecular formula is C16H14FN9S. The number of aromatic nitrogens is 7. The lowest BCUT2D eigenvalue weighted by Crippen LogP contribution is -2.25. The van der Waals surface area contributed by atoms with Gasteiger partial charge in [0.25, 0.3) is 0 Å². The lowest BCUT2D eigenvalue weighted by atomic mass is 10.2. The highest BCUT2D eigenvalue weighted by atomic mass is 32.1. The molecule has 27 heavy (non-hydrogen) atoms. The average molecular weight is 383 g/mol. The molecular weight excluding hydrogens is 369 g/mol. The van der Waals surface area contributed by atoms with Crippen LogP contribution in [0.4, 0.5) is 21.3 Å². The van der Waals surface area contributed by atoms with Crippen LogP contribution in [0.5, 0.6) is 0 Å². The van der Waals surface area contributed by atoms with Gasteiger partial charge in [0, 0.05) is 30.2 Å². The summed E-state index contributed by atoms with van der Waals surface area (Å²) in [6.07, 6.45) is 6.68.